The predicted molar refractivity (Wildman–Crippen MR) is 274 cm³/mol. The van der Waals surface area contributed by atoms with Gasteiger partial charge in [0, 0.05) is 6.92 Å². The van der Waals surface area contributed by atoms with Crippen LogP contribution in [0.2, 0.25) is 0 Å². The van der Waals surface area contributed by atoms with Crippen LogP contribution < -0.4 is 10.6 Å². The van der Waals surface area contributed by atoms with Crippen LogP contribution in [0.15, 0.2) is 0 Å². The lowest BCUT2D eigenvalue weighted by molar-refractivity contribution is -0.354. The molecule has 0 bridgehead atoms. The number of aliphatic hydroxyl groups is 6. The predicted octanol–water partition coefficient (Wildman–Crippen LogP) is 4.95. The topological polar surface area (TPSA) is 295 Å². The minimum absolute atomic E-state index is 0.176. The van der Waals surface area contributed by atoms with Gasteiger partial charge in [0.05, 0.1) is 69.4 Å². The number of rotatable bonds is 39. The zero-order valence-corrected chi connectivity index (χ0v) is 46.0. The fraction of sp³-hybridized carbons (Fsp3) is 0.907. The van der Waals surface area contributed by atoms with E-state index in [-0.39, 0.29) is 31.8 Å². The molecule has 0 aromatic heterocycles. The summed E-state index contributed by atoms with van der Waals surface area (Å²) in [4.78, 5) is 66.1. The molecule has 0 radical (unpaired) electrons. The number of carbonyl (C=O) groups is 5. The summed E-state index contributed by atoms with van der Waals surface area (Å²) in [5.74, 6) is -4.20. The first-order chi connectivity index (χ1) is 35.3. The highest BCUT2D eigenvalue weighted by Crippen LogP contribution is 2.34. The summed E-state index contributed by atoms with van der Waals surface area (Å²) >= 11 is 0. The average molecular weight is 1060 g/mol. The molecule has 0 spiro atoms. The highest BCUT2D eigenvalue weighted by atomic mass is 16.7. The molecule has 14 unspecified atom stereocenters. The number of nitrogens with one attached hydrogen (secondary N) is 2. The second kappa shape index (κ2) is 37.7. The van der Waals surface area contributed by atoms with E-state index in [9.17, 15) is 54.6 Å². The number of ether oxygens (including phenoxy) is 7. The fourth-order valence-electron chi connectivity index (χ4n) is 9.45. The first-order valence-electron chi connectivity index (χ1n) is 28.0. The highest BCUT2D eigenvalue weighted by Gasteiger charge is 2.51. The molecule has 15 atom stereocenters. The van der Waals surface area contributed by atoms with Crippen molar-refractivity contribution in [3.8, 4) is 0 Å². The van der Waals surface area contributed by atoms with Crippen LogP contribution >= 0.6 is 0 Å². The van der Waals surface area contributed by atoms with E-state index >= 15 is 0 Å². The van der Waals surface area contributed by atoms with Crippen molar-refractivity contribution in [1.29, 1.82) is 0 Å². The SMILES string of the molecule is CCCCCCCC(CC(=O)NC(CO)C(=O)NC(CO)CC(C)C)OC(=O)CC(CCCCCCC)OC(=O)CC(CCCCCCC)OC1OC(C)C(O)C(OC2OC(C)C(O)C(OC(C)=O)[C@H]2CO)C1O. The summed E-state index contributed by atoms with van der Waals surface area (Å²) in [5.41, 5.74) is 0. The van der Waals surface area contributed by atoms with Gasteiger partial charge in [-0.2, -0.15) is 0 Å². The van der Waals surface area contributed by atoms with Crippen LogP contribution in [0.1, 0.15) is 197 Å². The van der Waals surface area contributed by atoms with Gasteiger partial charge in [-0.25, -0.2) is 0 Å². The molecular formula is C54H98N2O18. The monoisotopic (exact) mass is 1060 g/mol. The third kappa shape index (κ3) is 25.4. The molecule has 2 amide bonds. The van der Waals surface area contributed by atoms with Crippen molar-refractivity contribution in [2.24, 2.45) is 11.8 Å². The molecule has 2 heterocycles. The van der Waals surface area contributed by atoms with Gasteiger partial charge in [-0.1, -0.05) is 118 Å². The minimum Gasteiger partial charge on any atom is -0.462 e. The van der Waals surface area contributed by atoms with Crippen LogP contribution in [0.3, 0.4) is 0 Å². The van der Waals surface area contributed by atoms with E-state index in [1.54, 1.807) is 6.92 Å². The summed E-state index contributed by atoms with van der Waals surface area (Å²) in [6, 6.07) is -1.85. The van der Waals surface area contributed by atoms with E-state index in [1.165, 1.54) is 6.92 Å². The van der Waals surface area contributed by atoms with Gasteiger partial charge in [0.25, 0.3) is 0 Å². The Labute approximate surface area is 441 Å². The van der Waals surface area contributed by atoms with E-state index in [1.807, 2.05) is 13.8 Å². The Morgan fingerprint density at radius 1 is 0.581 bits per heavy atom. The van der Waals surface area contributed by atoms with E-state index in [2.05, 4.69) is 31.4 Å². The largest absolute Gasteiger partial charge is 0.462 e. The summed E-state index contributed by atoms with van der Waals surface area (Å²) < 4.78 is 41.7. The first kappa shape index (κ1) is 67.1. The maximum atomic E-state index is 14.0. The smallest absolute Gasteiger partial charge is 0.309 e. The molecule has 2 aliphatic rings. The lowest BCUT2D eigenvalue weighted by Crippen LogP contribution is -2.63. The molecule has 20 nitrogen and oxygen atoms in total. The third-order valence-corrected chi connectivity index (χ3v) is 13.7. The summed E-state index contributed by atoms with van der Waals surface area (Å²) in [6.45, 7) is 12.8. The Morgan fingerprint density at radius 2 is 1.05 bits per heavy atom. The molecule has 8 N–H and O–H groups in total. The molecule has 0 aromatic carbocycles. The van der Waals surface area contributed by atoms with E-state index < -0.39 is 135 Å². The Morgan fingerprint density at radius 3 is 1.53 bits per heavy atom. The number of aliphatic hydroxyl groups excluding tert-OH is 6. The second-order valence-electron chi connectivity index (χ2n) is 20.9. The van der Waals surface area contributed by atoms with Crippen LogP contribution in [-0.4, -0.2) is 166 Å². The van der Waals surface area contributed by atoms with Gasteiger partial charge in [-0.05, 0) is 58.3 Å². The number of esters is 3. The number of amides is 2. The summed E-state index contributed by atoms with van der Waals surface area (Å²) in [6.07, 6.45) is 0.0293. The van der Waals surface area contributed by atoms with Gasteiger partial charge in [-0.3, -0.25) is 24.0 Å². The molecule has 20 heteroatoms. The molecule has 74 heavy (non-hydrogen) atoms. The Balaban J connectivity index is 2.30. The molecule has 2 rings (SSSR count). The van der Waals surface area contributed by atoms with Crippen molar-refractivity contribution in [3.63, 3.8) is 0 Å². The van der Waals surface area contributed by atoms with E-state index in [4.69, 9.17) is 33.2 Å². The highest BCUT2D eigenvalue weighted by molar-refractivity contribution is 5.88. The quantitative estimate of drug-likeness (QED) is 0.0230. The number of hydrogen-bond acceptors (Lipinski definition) is 18. The Bertz CT molecular complexity index is 1570. The molecule has 2 aliphatic heterocycles. The van der Waals surface area contributed by atoms with E-state index in [0.29, 0.717) is 44.9 Å². The van der Waals surface area contributed by atoms with Crippen LogP contribution in [-0.2, 0) is 57.1 Å². The summed E-state index contributed by atoms with van der Waals surface area (Å²) in [5, 5.41) is 69.1. The van der Waals surface area contributed by atoms with Gasteiger partial charge >= 0.3 is 17.9 Å². The molecular weight excluding hydrogens is 965 g/mol. The first-order valence-corrected chi connectivity index (χ1v) is 28.0. The molecule has 2 saturated heterocycles. The van der Waals surface area contributed by atoms with Gasteiger partial charge < -0.3 is 74.4 Å². The van der Waals surface area contributed by atoms with Crippen LogP contribution in [0.5, 0.6) is 0 Å². The van der Waals surface area contributed by atoms with Crippen molar-refractivity contribution in [2.75, 3.05) is 19.8 Å². The fourth-order valence-corrected chi connectivity index (χ4v) is 9.45. The molecule has 0 aromatic rings. The molecule has 2 fully saturated rings. The maximum Gasteiger partial charge on any atom is 0.309 e. The van der Waals surface area contributed by atoms with Crippen molar-refractivity contribution >= 4 is 29.7 Å². The maximum absolute atomic E-state index is 14.0. The third-order valence-electron chi connectivity index (χ3n) is 13.7. The molecule has 0 aliphatic carbocycles. The van der Waals surface area contributed by atoms with Crippen LogP contribution in [0.4, 0.5) is 0 Å². The lowest BCUT2D eigenvalue weighted by atomic mass is 9.91. The molecule has 432 valence electrons. The van der Waals surface area contributed by atoms with E-state index in [0.717, 1.165) is 84.0 Å². The Kier molecular flexibility index (Phi) is 34.1. The van der Waals surface area contributed by atoms with Crippen molar-refractivity contribution in [3.05, 3.63) is 0 Å². The standard InChI is InChI=1S/C54H98N2O18/c1-9-12-15-18-21-24-39(28-44(61)56-43(33-59)52(67)55-38(31-57)27-34(4)5)71-45(62)29-40(25-22-19-16-13-10-2)72-46(63)30-41(26-23-20-17-14-11-3)73-54-49(66)51(48(65)36(7)69-54)74-53-42(32-58)50(70-37(8)60)47(64)35(6)68-53/h34-36,38-43,47-51,53-54,57-59,64-66H,9-33H2,1-8H3,(H,55,67)(H,56,61)/t35?,36?,38?,39?,40?,41?,42-,43?,47?,48?,49?,50?,51?,53?,54?/m1/s1. The van der Waals surface area contributed by atoms with Crippen molar-refractivity contribution in [1.82, 2.24) is 10.6 Å². The Hall–Kier alpha value is -3.05. The van der Waals surface area contributed by atoms with Crippen molar-refractivity contribution < 1.29 is 87.8 Å². The average Bonchev–Trinajstić information content (AvgIpc) is 3.34. The van der Waals surface area contributed by atoms with Crippen LogP contribution in [0.25, 0.3) is 0 Å². The second-order valence-corrected chi connectivity index (χ2v) is 20.9. The number of unbranched alkanes of at least 4 members (excludes halogenated alkanes) is 12. The number of hydrogen-bond donors (Lipinski definition) is 8. The van der Waals surface area contributed by atoms with Gasteiger partial charge in [-0.15, -0.1) is 0 Å². The van der Waals surface area contributed by atoms with Gasteiger partial charge in [0.2, 0.25) is 11.8 Å². The zero-order chi connectivity index (χ0) is 55.2. The zero-order valence-electron chi connectivity index (χ0n) is 46.0. The van der Waals surface area contributed by atoms with Crippen molar-refractivity contribution in [2.45, 2.75) is 282 Å². The number of carbonyl (C=O) groups excluding carboxylic acids is 5. The normalized spacial score (nSPS) is 26.1. The van der Waals surface area contributed by atoms with Gasteiger partial charge in [0.15, 0.2) is 12.6 Å². The lowest BCUT2D eigenvalue weighted by Gasteiger charge is -2.47. The molecule has 0 saturated carbocycles. The minimum atomic E-state index is -1.65. The van der Waals surface area contributed by atoms with Crippen LogP contribution in [0, 0.1) is 11.8 Å². The summed E-state index contributed by atoms with van der Waals surface area (Å²) in [7, 11) is 0. The van der Waals surface area contributed by atoms with Gasteiger partial charge in [0.1, 0.15) is 48.8 Å².